The van der Waals surface area contributed by atoms with Gasteiger partial charge < -0.3 is 5.32 Å². The third kappa shape index (κ3) is 3.12. The highest BCUT2D eigenvalue weighted by Gasteiger charge is 2.17. The molecule has 1 aromatic carbocycles. The summed E-state index contributed by atoms with van der Waals surface area (Å²) in [4.78, 5) is 1.26. The number of rotatable bonds is 4. The van der Waals surface area contributed by atoms with E-state index >= 15 is 0 Å². The standard InChI is InChI=1S/C14H15BrFNS/c1-9(2)14(13-4-3-7-18-13)17-12-8-10(16)5-6-11(12)15/h3-9,14,17H,1-2H3. The van der Waals surface area contributed by atoms with Gasteiger partial charge in [0.1, 0.15) is 5.82 Å². The van der Waals surface area contributed by atoms with Crippen LogP contribution in [0.1, 0.15) is 24.8 Å². The van der Waals surface area contributed by atoms with Gasteiger partial charge in [-0.15, -0.1) is 11.3 Å². The van der Waals surface area contributed by atoms with Gasteiger partial charge in [0.15, 0.2) is 0 Å². The van der Waals surface area contributed by atoms with Crippen LogP contribution in [0.3, 0.4) is 0 Å². The molecular weight excluding hydrogens is 313 g/mol. The summed E-state index contributed by atoms with van der Waals surface area (Å²) in [5.74, 6) is 0.202. The van der Waals surface area contributed by atoms with Gasteiger partial charge in [0, 0.05) is 9.35 Å². The van der Waals surface area contributed by atoms with Crippen molar-refractivity contribution in [2.45, 2.75) is 19.9 Å². The first-order valence-electron chi connectivity index (χ1n) is 5.83. The molecule has 1 atom stereocenters. The summed E-state index contributed by atoms with van der Waals surface area (Å²) in [7, 11) is 0. The smallest absolute Gasteiger partial charge is 0.125 e. The van der Waals surface area contributed by atoms with Crippen LogP contribution in [0.15, 0.2) is 40.2 Å². The molecule has 0 fully saturated rings. The van der Waals surface area contributed by atoms with Gasteiger partial charge in [0.25, 0.3) is 0 Å². The Labute approximate surface area is 119 Å². The fourth-order valence-electron chi connectivity index (χ4n) is 1.81. The number of hydrogen-bond acceptors (Lipinski definition) is 2. The number of benzene rings is 1. The van der Waals surface area contributed by atoms with Gasteiger partial charge in [-0.2, -0.15) is 0 Å². The largest absolute Gasteiger partial charge is 0.376 e. The molecule has 0 spiro atoms. The topological polar surface area (TPSA) is 12.0 Å². The molecule has 0 saturated carbocycles. The normalized spacial score (nSPS) is 12.7. The second-order valence-corrected chi connectivity index (χ2v) is 6.34. The molecule has 1 N–H and O–H groups in total. The molecule has 0 bridgehead atoms. The minimum atomic E-state index is -0.227. The molecule has 0 saturated heterocycles. The summed E-state index contributed by atoms with van der Waals surface area (Å²) in [6.07, 6.45) is 0. The maximum atomic E-state index is 13.3. The van der Waals surface area contributed by atoms with Crippen molar-refractivity contribution in [2.24, 2.45) is 5.92 Å². The molecule has 96 valence electrons. The van der Waals surface area contributed by atoms with E-state index in [2.05, 4.69) is 46.5 Å². The molecule has 0 aliphatic heterocycles. The first kappa shape index (κ1) is 13.6. The fraction of sp³-hybridized carbons (Fsp3) is 0.286. The predicted octanol–water partition coefficient (Wildman–Crippen LogP) is 5.46. The molecule has 2 rings (SSSR count). The van der Waals surface area contributed by atoms with Gasteiger partial charge in [-0.25, -0.2) is 4.39 Å². The quantitative estimate of drug-likeness (QED) is 0.786. The molecule has 0 radical (unpaired) electrons. The minimum absolute atomic E-state index is 0.197. The maximum absolute atomic E-state index is 13.3. The van der Waals surface area contributed by atoms with Crippen molar-refractivity contribution in [1.82, 2.24) is 0 Å². The van der Waals surface area contributed by atoms with E-state index in [0.29, 0.717) is 5.92 Å². The lowest BCUT2D eigenvalue weighted by atomic mass is 10.0. The third-order valence-electron chi connectivity index (χ3n) is 2.76. The van der Waals surface area contributed by atoms with E-state index in [4.69, 9.17) is 0 Å². The Kier molecular flexibility index (Phi) is 4.40. The molecule has 0 amide bonds. The summed E-state index contributed by atoms with van der Waals surface area (Å²) >= 11 is 5.16. The molecule has 1 aromatic heterocycles. The van der Waals surface area contributed by atoms with Crippen LogP contribution in [0, 0.1) is 11.7 Å². The zero-order valence-electron chi connectivity index (χ0n) is 10.3. The van der Waals surface area contributed by atoms with E-state index in [1.54, 1.807) is 17.4 Å². The molecule has 1 nitrogen and oxygen atoms in total. The van der Waals surface area contributed by atoms with E-state index in [-0.39, 0.29) is 11.9 Å². The van der Waals surface area contributed by atoms with Gasteiger partial charge in [-0.05, 0) is 51.5 Å². The Morgan fingerprint density at radius 2 is 2.06 bits per heavy atom. The van der Waals surface area contributed by atoms with Crippen molar-refractivity contribution in [2.75, 3.05) is 5.32 Å². The first-order valence-corrected chi connectivity index (χ1v) is 7.50. The first-order chi connectivity index (χ1) is 8.58. The number of halogens is 2. The summed E-state index contributed by atoms with van der Waals surface area (Å²) in [6.45, 7) is 4.31. The van der Waals surface area contributed by atoms with Crippen molar-refractivity contribution in [1.29, 1.82) is 0 Å². The number of anilines is 1. The van der Waals surface area contributed by atoms with Crippen LogP contribution in [0.4, 0.5) is 10.1 Å². The predicted molar refractivity (Wildman–Crippen MR) is 79.6 cm³/mol. The van der Waals surface area contributed by atoms with Crippen LogP contribution in [-0.4, -0.2) is 0 Å². The summed E-state index contributed by atoms with van der Waals surface area (Å²) < 4.78 is 14.2. The lowest BCUT2D eigenvalue weighted by Gasteiger charge is -2.23. The highest BCUT2D eigenvalue weighted by atomic mass is 79.9. The monoisotopic (exact) mass is 327 g/mol. The van der Waals surface area contributed by atoms with Crippen LogP contribution in [0.25, 0.3) is 0 Å². The molecule has 2 aromatic rings. The minimum Gasteiger partial charge on any atom is -0.376 e. The zero-order valence-corrected chi connectivity index (χ0v) is 12.7. The van der Waals surface area contributed by atoms with Crippen LogP contribution in [0.2, 0.25) is 0 Å². The van der Waals surface area contributed by atoms with Crippen molar-refractivity contribution < 1.29 is 4.39 Å². The van der Waals surface area contributed by atoms with Gasteiger partial charge in [-0.1, -0.05) is 19.9 Å². The van der Waals surface area contributed by atoms with Crippen molar-refractivity contribution in [3.05, 3.63) is 50.9 Å². The third-order valence-corrected chi connectivity index (χ3v) is 4.40. The van der Waals surface area contributed by atoms with Gasteiger partial charge in [-0.3, -0.25) is 0 Å². The van der Waals surface area contributed by atoms with Crippen molar-refractivity contribution >= 4 is 33.0 Å². The van der Waals surface area contributed by atoms with Gasteiger partial charge >= 0.3 is 0 Å². The van der Waals surface area contributed by atoms with Crippen molar-refractivity contribution in [3.8, 4) is 0 Å². The van der Waals surface area contributed by atoms with E-state index in [1.165, 1.54) is 17.0 Å². The SMILES string of the molecule is CC(C)C(Nc1cc(F)ccc1Br)c1cccs1. The Morgan fingerprint density at radius 1 is 1.28 bits per heavy atom. The van der Waals surface area contributed by atoms with E-state index < -0.39 is 0 Å². The van der Waals surface area contributed by atoms with Gasteiger partial charge in [0.2, 0.25) is 0 Å². The number of hydrogen-bond donors (Lipinski definition) is 1. The Bertz CT molecular complexity index is 511. The highest BCUT2D eigenvalue weighted by molar-refractivity contribution is 9.10. The van der Waals surface area contributed by atoms with Crippen LogP contribution < -0.4 is 5.32 Å². The maximum Gasteiger partial charge on any atom is 0.125 e. The molecule has 4 heteroatoms. The molecule has 1 unspecified atom stereocenters. The summed E-state index contributed by atoms with van der Waals surface area (Å²) in [5.41, 5.74) is 0.794. The Morgan fingerprint density at radius 3 is 2.67 bits per heavy atom. The lowest BCUT2D eigenvalue weighted by Crippen LogP contribution is -2.16. The molecule has 18 heavy (non-hydrogen) atoms. The summed E-state index contributed by atoms with van der Waals surface area (Å²) in [6, 6.07) is 9.04. The highest BCUT2D eigenvalue weighted by Crippen LogP contribution is 2.32. The molecular formula is C14H15BrFNS. The fourth-order valence-corrected chi connectivity index (χ4v) is 3.12. The Balaban J connectivity index is 2.27. The van der Waals surface area contributed by atoms with E-state index in [0.717, 1.165) is 10.2 Å². The molecule has 0 aliphatic carbocycles. The Hall–Kier alpha value is -0.870. The second kappa shape index (κ2) is 5.85. The zero-order chi connectivity index (χ0) is 13.1. The van der Waals surface area contributed by atoms with E-state index in [9.17, 15) is 4.39 Å². The van der Waals surface area contributed by atoms with E-state index in [1.807, 2.05) is 6.07 Å². The summed E-state index contributed by atoms with van der Waals surface area (Å²) in [5, 5.41) is 5.48. The van der Waals surface area contributed by atoms with Crippen LogP contribution in [0.5, 0.6) is 0 Å². The lowest BCUT2D eigenvalue weighted by molar-refractivity contribution is 0.552. The number of thiophene rings is 1. The van der Waals surface area contributed by atoms with Crippen LogP contribution in [-0.2, 0) is 0 Å². The van der Waals surface area contributed by atoms with Crippen molar-refractivity contribution in [3.63, 3.8) is 0 Å². The average Bonchev–Trinajstić information content (AvgIpc) is 2.83. The number of nitrogens with one attached hydrogen (secondary N) is 1. The second-order valence-electron chi connectivity index (χ2n) is 4.51. The average molecular weight is 328 g/mol. The molecule has 0 aliphatic rings. The van der Waals surface area contributed by atoms with Gasteiger partial charge in [0.05, 0.1) is 11.7 Å². The molecule has 1 heterocycles. The van der Waals surface area contributed by atoms with Crippen LogP contribution >= 0.6 is 27.3 Å².